The van der Waals surface area contributed by atoms with Crippen LogP contribution in [0.4, 0.5) is 36.7 Å². The number of hydrogen-bond donors (Lipinski definition) is 3. The highest BCUT2D eigenvalue weighted by atomic mass is 32.2. The van der Waals surface area contributed by atoms with Gasteiger partial charge in [-0.15, -0.1) is 0 Å². The van der Waals surface area contributed by atoms with Gasteiger partial charge in [0.15, 0.2) is 0 Å². The van der Waals surface area contributed by atoms with Crippen molar-refractivity contribution in [3.8, 4) is 22.3 Å². The molecule has 0 spiro atoms. The number of nitrogens with two attached hydrogens (primary N) is 1. The Labute approximate surface area is 205 Å². The van der Waals surface area contributed by atoms with E-state index in [1.807, 2.05) is 0 Å². The van der Waals surface area contributed by atoms with Gasteiger partial charge in [0, 0.05) is 29.1 Å². The topological polar surface area (TPSA) is 135 Å². The fourth-order valence-electron chi connectivity index (χ4n) is 2.70. The zero-order valence-corrected chi connectivity index (χ0v) is 19.3. The van der Waals surface area contributed by atoms with E-state index in [9.17, 15) is 39.2 Å². The molecule has 0 amide bonds. The molecule has 8 nitrogen and oxygen atoms in total. The van der Waals surface area contributed by atoms with Crippen molar-refractivity contribution in [1.29, 1.82) is 0 Å². The minimum atomic E-state index is -5.08. The number of nitrogen functional groups attached to an aromatic ring is 1. The Hall–Kier alpha value is -3.79. The minimum Gasteiger partial charge on any atom is -0.475 e. The maximum atomic E-state index is 14.7. The summed E-state index contributed by atoms with van der Waals surface area (Å²) in [6.45, 7) is 0.698. The number of carboxylic acids is 1. The number of anilines is 1. The highest BCUT2D eigenvalue weighted by Gasteiger charge is 2.39. The van der Waals surface area contributed by atoms with Crippen molar-refractivity contribution < 1.29 is 49.1 Å². The molecule has 2 aromatic carbocycles. The van der Waals surface area contributed by atoms with E-state index in [0.29, 0.717) is 12.5 Å². The van der Waals surface area contributed by atoms with Crippen LogP contribution in [0.15, 0.2) is 59.8 Å². The average Bonchev–Trinajstić information content (AvgIpc) is 2.78. The summed E-state index contributed by atoms with van der Waals surface area (Å²) in [5.74, 6) is -3.42. The Bertz CT molecular complexity index is 1360. The summed E-state index contributed by atoms with van der Waals surface area (Å²) in [7, 11) is -4.53. The third-order valence-electron chi connectivity index (χ3n) is 4.50. The van der Waals surface area contributed by atoms with Crippen molar-refractivity contribution in [1.82, 2.24) is 14.7 Å². The smallest absolute Gasteiger partial charge is 0.475 e. The molecule has 1 atom stereocenters. The molecule has 3 aromatic rings. The zero-order valence-electron chi connectivity index (χ0n) is 18.5. The average molecular weight is 554 g/mol. The van der Waals surface area contributed by atoms with E-state index >= 15 is 0 Å². The molecule has 200 valence electrons. The summed E-state index contributed by atoms with van der Waals surface area (Å²) < 4.78 is 112. The monoisotopic (exact) mass is 554 g/mol. The number of carboxylic acid groups (broad SMARTS) is 1. The van der Waals surface area contributed by atoms with Gasteiger partial charge in [-0.3, -0.25) is 0 Å². The van der Waals surface area contributed by atoms with Crippen LogP contribution in [-0.4, -0.2) is 47.9 Å². The number of halogens is 7. The number of alkyl halides is 6. The Morgan fingerprint density at radius 3 is 2.00 bits per heavy atom. The number of aromatic nitrogens is 2. The molecule has 0 saturated carbocycles. The van der Waals surface area contributed by atoms with E-state index in [2.05, 4.69) is 9.97 Å². The van der Waals surface area contributed by atoms with Crippen molar-refractivity contribution in [2.45, 2.75) is 30.2 Å². The normalized spacial score (nSPS) is 12.9. The predicted molar refractivity (Wildman–Crippen MR) is 117 cm³/mol. The van der Waals surface area contributed by atoms with Gasteiger partial charge in [-0.05, 0) is 24.6 Å². The van der Waals surface area contributed by atoms with E-state index in [0.717, 1.165) is 12.1 Å². The van der Waals surface area contributed by atoms with Crippen LogP contribution in [0, 0.1) is 5.82 Å². The first-order chi connectivity index (χ1) is 16.9. The van der Waals surface area contributed by atoms with Gasteiger partial charge in [-0.25, -0.2) is 27.6 Å². The van der Waals surface area contributed by atoms with E-state index in [4.69, 9.17) is 15.6 Å². The summed E-state index contributed by atoms with van der Waals surface area (Å²) in [5.41, 5.74) is 6.15. The Morgan fingerprint density at radius 2 is 1.51 bits per heavy atom. The number of rotatable bonds is 5. The van der Waals surface area contributed by atoms with Crippen LogP contribution in [0.3, 0.4) is 0 Å². The van der Waals surface area contributed by atoms with E-state index in [-0.39, 0.29) is 22.6 Å². The number of aliphatic carboxylic acids is 1. The van der Waals surface area contributed by atoms with Crippen LogP contribution in [0.5, 0.6) is 0 Å². The van der Waals surface area contributed by atoms with Gasteiger partial charge in [0.25, 0.3) is 0 Å². The molecule has 1 aromatic heterocycles. The summed E-state index contributed by atoms with van der Waals surface area (Å²) >= 11 is 0. The third kappa shape index (κ3) is 7.85. The van der Waals surface area contributed by atoms with E-state index in [1.54, 1.807) is 4.72 Å². The standard InChI is InChI=1S/C19H16F4N4O2S.C2HF3O2/c1-11(19(21,22)23)27-30(28,29)17-5-3-2-4-15(17)12-6-7-14(16(20)8-12)13-9-25-18(24)26-10-13;3-2(4,5)1(6)7/h2-11,27H,1H3,(H2,24,25,26);(H,6,7)/t11-;/m1./s1. The summed E-state index contributed by atoms with van der Waals surface area (Å²) in [6, 6.07) is 7.06. The second kappa shape index (κ2) is 11.1. The second-order valence-electron chi connectivity index (χ2n) is 7.21. The van der Waals surface area contributed by atoms with Crippen molar-refractivity contribution in [2.75, 3.05) is 5.73 Å². The largest absolute Gasteiger partial charge is 0.490 e. The van der Waals surface area contributed by atoms with E-state index in [1.165, 1.54) is 42.7 Å². The lowest BCUT2D eigenvalue weighted by molar-refractivity contribution is -0.192. The Kier molecular flexibility index (Phi) is 8.82. The first kappa shape index (κ1) is 29.4. The van der Waals surface area contributed by atoms with Gasteiger partial charge in [-0.2, -0.15) is 31.1 Å². The molecule has 16 heteroatoms. The number of nitrogens with one attached hydrogen (secondary N) is 1. The van der Waals surface area contributed by atoms with Crippen molar-refractivity contribution in [3.63, 3.8) is 0 Å². The minimum absolute atomic E-state index is 0.0236. The van der Waals surface area contributed by atoms with Crippen LogP contribution < -0.4 is 10.5 Å². The van der Waals surface area contributed by atoms with Gasteiger partial charge in [0.2, 0.25) is 16.0 Å². The molecule has 0 fully saturated rings. The molecule has 0 aliphatic carbocycles. The SMILES string of the molecule is C[C@@H](NS(=O)(=O)c1ccccc1-c1ccc(-c2cnc(N)nc2)c(F)c1)C(F)(F)F.O=C(O)C(F)(F)F. The summed E-state index contributed by atoms with van der Waals surface area (Å²) in [6.07, 6.45) is -7.17. The number of benzene rings is 2. The molecule has 0 unspecified atom stereocenters. The lowest BCUT2D eigenvalue weighted by Gasteiger charge is -2.19. The molecule has 0 bridgehead atoms. The number of nitrogens with zero attached hydrogens (tertiary/aromatic N) is 2. The number of sulfonamides is 1. The maximum absolute atomic E-state index is 14.7. The molecular weight excluding hydrogens is 537 g/mol. The van der Waals surface area contributed by atoms with Gasteiger partial charge in [0.1, 0.15) is 11.9 Å². The lowest BCUT2D eigenvalue weighted by atomic mass is 10.0. The molecule has 0 saturated heterocycles. The van der Waals surface area contributed by atoms with Crippen LogP contribution in [0.25, 0.3) is 22.3 Å². The third-order valence-corrected chi connectivity index (χ3v) is 6.10. The molecule has 1 heterocycles. The van der Waals surface area contributed by atoms with Gasteiger partial charge in [0.05, 0.1) is 4.90 Å². The molecule has 0 radical (unpaired) electrons. The van der Waals surface area contributed by atoms with Crippen LogP contribution in [0.2, 0.25) is 0 Å². The molecule has 3 rings (SSSR count). The molecular formula is C21H17F7N4O4S. The zero-order chi connectivity index (χ0) is 28.2. The predicted octanol–water partition coefficient (Wildman–Crippen LogP) is 4.39. The molecule has 37 heavy (non-hydrogen) atoms. The lowest BCUT2D eigenvalue weighted by Crippen LogP contribution is -2.43. The second-order valence-corrected chi connectivity index (χ2v) is 8.89. The van der Waals surface area contributed by atoms with Crippen LogP contribution >= 0.6 is 0 Å². The first-order valence-corrected chi connectivity index (χ1v) is 11.3. The highest BCUT2D eigenvalue weighted by molar-refractivity contribution is 7.89. The van der Waals surface area contributed by atoms with Crippen LogP contribution in [-0.2, 0) is 14.8 Å². The van der Waals surface area contributed by atoms with Gasteiger partial charge >= 0.3 is 18.3 Å². The quantitative estimate of drug-likeness (QED) is 0.398. The Balaban J connectivity index is 0.000000604. The molecule has 0 aliphatic rings. The number of carbonyl (C=O) groups is 1. The molecule has 4 N–H and O–H groups in total. The van der Waals surface area contributed by atoms with Gasteiger partial charge < -0.3 is 10.8 Å². The maximum Gasteiger partial charge on any atom is 0.490 e. The summed E-state index contributed by atoms with van der Waals surface area (Å²) in [5, 5.41) is 7.12. The highest BCUT2D eigenvalue weighted by Crippen LogP contribution is 2.32. The van der Waals surface area contributed by atoms with Crippen molar-refractivity contribution in [2.24, 2.45) is 0 Å². The van der Waals surface area contributed by atoms with Crippen molar-refractivity contribution in [3.05, 3.63) is 60.7 Å². The summed E-state index contributed by atoms with van der Waals surface area (Å²) in [4.78, 5) is 16.1. The van der Waals surface area contributed by atoms with Crippen molar-refractivity contribution >= 4 is 21.9 Å². The molecule has 0 aliphatic heterocycles. The van der Waals surface area contributed by atoms with Crippen LogP contribution in [0.1, 0.15) is 6.92 Å². The Morgan fingerprint density at radius 1 is 0.973 bits per heavy atom. The van der Waals surface area contributed by atoms with Gasteiger partial charge in [-0.1, -0.05) is 30.3 Å². The van der Waals surface area contributed by atoms with E-state index < -0.39 is 45.1 Å². The first-order valence-electron chi connectivity index (χ1n) is 9.79. The fourth-order valence-corrected chi connectivity index (χ4v) is 4.16. The number of hydrogen-bond acceptors (Lipinski definition) is 6. The fraction of sp³-hybridized carbons (Fsp3) is 0.190.